The van der Waals surface area contributed by atoms with E-state index < -0.39 is 0 Å². The molecule has 1 heterocycles. The van der Waals surface area contributed by atoms with Gasteiger partial charge in [-0.2, -0.15) is 15.0 Å². The Morgan fingerprint density at radius 1 is 0.941 bits per heavy atom. The van der Waals surface area contributed by atoms with Gasteiger partial charge in [0.25, 0.3) is 0 Å². The van der Waals surface area contributed by atoms with Crippen LogP contribution < -0.4 is 4.74 Å². The van der Waals surface area contributed by atoms with Crippen LogP contribution in [-0.2, 0) is 0 Å². The van der Waals surface area contributed by atoms with Crippen molar-refractivity contribution in [1.29, 1.82) is 0 Å². The normalized spacial score (nSPS) is 9.59. The van der Waals surface area contributed by atoms with Gasteiger partial charge in [-0.05, 0) is 47.5 Å². The number of halogens is 2. The molecule has 2 rings (SSSR count). The molecule has 1 aromatic carbocycles. The van der Waals surface area contributed by atoms with E-state index in [-0.39, 0.29) is 16.0 Å². The zero-order chi connectivity index (χ0) is 11.5. The monoisotopic (exact) mass is 273 g/mol. The first kappa shape index (κ1) is 13.6. The van der Waals surface area contributed by atoms with Crippen LogP contribution >= 0.6 is 23.2 Å². The Balaban J connectivity index is 0.00000144. The van der Waals surface area contributed by atoms with Crippen LogP contribution in [0.5, 0.6) is 5.75 Å². The van der Waals surface area contributed by atoms with Crippen molar-refractivity contribution in [1.82, 2.24) is 15.0 Å². The summed E-state index contributed by atoms with van der Waals surface area (Å²) in [4.78, 5) is 11.6. The van der Waals surface area contributed by atoms with E-state index in [1.807, 2.05) is 12.1 Å². The molecule has 0 fully saturated rings. The molecule has 17 heavy (non-hydrogen) atoms. The van der Waals surface area contributed by atoms with Crippen molar-refractivity contribution in [2.75, 3.05) is 7.11 Å². The zero-order valence-corrected chi connectivity index (χ0v) is 10.3. The molecule has 0 atom stereocenters. The van der Waals surface area contributed by atoms with Gasteiger partial charge in [0.05, 0.1) is 7.11 Å². The number of aromatic nitrogens is 3. The van der Waals surface area contributed by atoms with Crippen molar-refractivity contribution in [2.24, 2.45) is 0 Å². The van der Waals surface area contributed by atoms with Gasteiger partial charge in [-0.25, -0.2) is 0 Å². The third-order valence-corrected chi connectivity index (χ3v) is 2.27. The lowest BCUT2D eigenvalue weighted by molar-refractivity contribution is 0.415. The molecule has 0 aliphatic carbocycles. The van der Waals surface area contributed by atoms with E-state index >= 15 is 0 Å². The Hall–Kier alpha value is -1.43. The van der Waals surface area contributed by atoms with Crippen molar-refractivity contribution in [3.05, 3.63) is 34.8 Å². The van der Waals surface area contributed by atoms with Crippen LogP contribution in [0.3, 0.4) is 0 Å². The smallest absolute Gasteiger partial charge is 0.227 e. The van der Waals surface area contributed by atoms with Crippen molar-refractivity contribution in [3.8, 4) is 17.1 Å². The number of hydrogen-bond donors (Lipinski definition) is 0. The fraction of sp³-hybridized carbons (Fsp3) is 0.100. The van der Waals surface area contributed by atoms with Crippen molar-refractivity contribution in [3.63, 3.8) is 0 Å². The first-order chi connectivity index (χ1) is 7.69. The molecule has 0 unspecified atom stereocenters. The molecule has 90 valence electrons. The summed E-state index contributed by atoms with van der Waals surface area (Å²) < 4.78 is 5.05. The van der Waals surface area contributed by atoms with E-state index in [0.29, 0.717) is 5.82 Å². The highest BCUT2D eigenvalue weighted by molar-refractivity contribution is 6.31. The molecular formula is C10H9Cl2N3O2. The van der Waals surface area contributed by atoms with E-state index in [9.17, 15) is 0 Å². The maximum atomic E-state index is 5.69. The maximum absolute atomic E-state index is 5.69. The predicted molar refractivity (Wildman–Crippen MR) is 65.4 cm³/mol. The SMILES string of the molecule is COc1ccc(-c2nc(Cl)nc(Cl)n2)cc1.O. The third kappa shape index (κ3) is 3.26. The van der Waals surface area contributed by atoms with Crippen LogP contribution in [0.2, 0.25) is 10.6 Å². The minimum atomic E-state index is 0. The van der Waals surface area contributed by atoms with Crippen molar-refractivity contribution < 1.29 is 10.2 Å². The molecule has 1 aromatic heterocycles. The number of rotatable bonds is 2. The summed E-state index contributed by atoms with van der Waals surface area (Å²) in [6, 6.07) is 7.25. The van der Waals surface area contributed by atoms with Gasteiger partial charge in [-0.1, -0.05) is 0 Å². The van der Waals surface area contributed by atoms with Crippen molar-refractivity contribution >= 4 is 23.2 Å². The Bertz CT molecular complexity index is 485. The average molecular weight is 274 g/mol. The third-order valence-electron chi connectivity index (χ3n) is 1.93. The molecule has 0 bridgehead atoms. The summed E-state index contributed by atoms with van der Waals surface area (Å²) in [5, 5.41) is 0.150. The Morgan fingerprint density at radius 3 is 1.94 bits per heavy atom. The second kappa shape index (κ2) is 5.77. The predicted octanol–water partition coefficient (Wildman–Crippen LogP) is 2.03. The van der Waals surface area contributed by atoms with E-state index in [4.69, 9.17) is 27.9 Å². The van der Waals surface area contributed by atoms with E-state index in [1.165, 1.54) is 0 Å². The standard InChI is InChI=1S/C10H7Cl2N3O.H2O/c1-16-7-4-2-6(3-5-7)8-13-9(11)15-10(12)14-8;/h2-5H,1H3;1H2. The largest absolute Gasteiger partial charge is 0.497 e. The van der Waals surface area contributed by atoms with Crippen LogP contribution in [0.15, 0.2) is 24.3 Å². The average Bonchev–Trinajstić information content (AvgIpc) is 2.28. The number of methoxy groups -OCH3 is 1. The van der Waals surface area contributed by atoms with E-state index in [2.05, 4.69) is 15.0 Å². The molecule has 0 aliphatic heterocycles. The number of ether oxygens (including phenoxy) is 1. The van der Waals surface area contributed by atoms with Gasteiger partial charge in [-0.3, -0.25) is 0 Å². The summed E-state index contributed by atoms with van der Waals surface area (Å²) in [6.45, 7) is 0. The van der Waals surface area contributed by atoms with Crippen LogP contribution in [0.4, 0.5) is 0 Å². The van der Waals surface area contributed by atoms with Gasteiger partial charge in [0, 0.05) is 5.56 Å². The fourth-order valence-corrected chi connectivity index (χ4v) is 1.56. The minimum Gasteiger partial charge on any atom is -0.497 e. The van der Waals surface area contributed by atoms with Crippen LogP contribution in [0.25, 0.3) is 11.4 Å². The molecule has 2 aromatic rings. The van der Waals surface area contributed by atoms with E-state index in [0.717, 1.165) is 11.3 Å². The molecule has 5 nitrogen and oxygen atoms in total. The molecule has 0 amide bonds. The van der Waals surface area contributed by atoms with Gasteiger partial charge < -0.3 is 10.2 Å². The quantitative estimate of drug-likeness (QED) is 0.839. The minimum absolute atomic E-state index is 0. The molecule has 0 radical (unpaired) electrons. The Morgan fingerprint density at radius 2 is 1.47 bits per heavy atom. The zero-order valence-electron chi connectivity index (χ0n) is 8.82. The fourth-order valence-electron chi connectivity index (χ4n) is 1.20. The van der Waals surface area contributed by atoms with Gasteiger partial charge >= 0.3 is 0 Å². The number of nitrogens with zero attached hydrogens (tertiary/aromatic N) is 3. The van der Waals surface area contributed by atoms with Crippen LogP contribution in [-0.4, -0.2) is 27.5 Å². The lowest BCUT2D eigenvalue weighted by Gasteiger charge is -2.02. The number of hydrogen-bond acceptors (Lipinski definition) is 4. The van der Waals surface area contributed by atoms with Gasteiger partial charge in [0.2, 0.25) is 10.6 Å². The summed E-state index contributed by atoms with van der Waals surface area (Å²) >= 11 is 11.4. The first-order valence-electron chi connectivity index (χ1n) is 4.40. The Labute approximate surface area is 108 Å². The summed E-state index contributed by atoms with van der Waals surface area (Å²) in [6.07, 6.45) is 0. The molecule has 0 spiro atoms. The van der Waals surface area contributed by atoms with E-state index in [1.54, 1.807) is 19.2 Å². The maximum Gasteiger partial charge on any atom is 0.227 e. The molecule has 0 saturated heterocycles. The van der Waals surface area contributed by atoms with Gasteiger partial charge in [0.15, 0.2) is 5.82 Å². The van der Waals surface area contributed by atoms with Gasteiger partial charge in [0.1, 0.15) is 5.75 Å². The highest BCUT2D eigenvalue weighted by Gasteiger charge is 2.05. The topological polar surface area (TPSA) is 79.4 Å². The first-order valence-corrected chi connectivity index (χ1v) is 5.16. The van der Waals surface area contributed by atoms with Crippen LogP contribution in [0, 0.1) is 0 Å². The highest BCUT2D eigenvalue weighted by atomic mass is 35.5. The van der Waals surface area contributed by atoms with Crippen LogP contribution in [0.1, 0.15) is 0 Å². The summed E-state index contributed by atoms with van der Waals surface area (Å²) in [5.41, 5.74) is 0.798. The summed E-state index contributed by atoms with van der Waals surface area (Å²) in [7, 11) is 1.60. The molecular weight excluding hydrogens is 265 g/mol. The second-order valence-corrected chi connectivity index (χ2v) is 3.60. The number of benzene rings is 1. The molecule has 0 aliphatic rings. The lowest BCUT2D eigenvalue weighted by Crippen LogP contribution is -1.93. The van der Waals surface area contributed by atoms with Crippen molar-refractivity contribution in [2.45, 2.75) is 0 Å². The Kier molecular flexibility index (Phi) is 4.62. The highest BCUT2D eigenvalue weighted by Crippen LogP contribution is 2.20. The molecule has 2 N–H and O–H groups in total. The molecule has 7 heteroatoms. The molecule has 0 saturated carbocycles. The summed E-state index contributed by atoms with van der Waals surface area (Å²) in [5.74, 6) is 1.20. The second-order valence-electron chi connectivity index (χ2n) is 2.93. The van der Waals surface area contributed by atoms with Gasteiger partial charge in [-0.15, -0.1) is 0 Å². The lowest BCUT2D eigenvalue weighted by atomic mass is 10.2.